The molecule has 19 heavy (non-hydrogen) atoms. The molecule has 6 heteroatoms. The van der Waals surface area contributed by atoms with E-state index in [1.807, 2.05) is 6.92 Å². The highest BCUT2D eigenvalue weighted by molar-refractivity contribution is 6.17. The zero-order valence-corrected chi connectivity index (χ0v) is 10.8. The van der Waals surface area contributed by atoms with Gasteiger partial charge in [0.2, 0.25) is 0 Å². The molecule has 1 aromatic heterocycles. The first kappa shape index (κ1) is 13.8. The summed E-state index contributed by atoms with van der Waals surface area (Å²) in [7, 11) is 0. The number of rotatable bonds is 3. The van der Waals surface area contributed by atoms with Gasteiger partial charge in [0.25, 0.3) is 0 Å². The Balaban J connectivity index is 2.53. The minimum absolute atomic E-state index is 0.0900. The Morgan fingerprint density at radius 1 is 1.16 bits per heavy atom. The van der Waals surface area contributed by atoms with Crippen molar-refractivity contribution >= 4 is 11.6 Å². The van der Waals surface area contributed by atoms with Gasteiger partial charge < -0.3 is 0 Å². The lowest BCUT2D eigenvalue weighted by molar-refractivity contribution is 0.447. The summed E-state index contributed by atoms with van der Waals surface area (Å²) < 4.78 is 39.2. The van der Waals surface area contributed by atoms with Crippen molar-refractivity contribution in [1.82, 2.24) is 9.97 Å². The molecule has 0 saturated carbocycles. The van der Waals surface area contributed by atoms with E-state index in [4.69, 9.17) is 11.6 Å². The van der Waals surface area contributed by atoms with E-state index < -0.39 is 17.5 Å². The molecule has 2 nitrogen and oxygen atoms in total. The predicted molar refractivity (Wildman–Crippen MR) is 66.3 cm³/mol. The number of alkyl halides is 1. The fraction of sp³-hybridized carbons (Fsp3) is 0.231. The second-order valence-corrected chi connectivity index (χ2v) is 4.17. The Bertz CT molecular complexity index is 594. The van der Waals surface area contributed by atoms with Gasteiger partial charge in [0.15, 0.2) is 23.3 Å². The van der Waals surface area contributed by atoms with E-state index in [1.165, 1.54) is 6.20 Å². The van der Waals surface area contributed by atoms with Gasteiger partial charge in [-0.3, -0.25) is 0 Å². The van der Waals surface area contributed by atoms with Crippen molar-refractivity contribution in [3.8, 4) is 11.4 Å². The number of hydrogen-bond acceptors (Lipinski definition) is 2. The maximum Gasteiger partial charge on any atom is 0.194 e. The minimum Gasteiger partial charge on any atom is -0.236 e. The van der Waals surface area contributed by atoms with E-state index in [-0.39, 0.29) is 17.3 Å². The summed E-state index contributed by atoms with van der Waals surface area (Å²) in [5.74, 6) is -3.63. The average molecular weight is 287 g/mol. The molecule has 0 aliphatic carbocycles. The zero-order chi connectivity index (χ0) is 14.0. The van der Waals surface area contributed by atoms with Crippen molar-refractivity contribution in [2.75, 3.05) is 0 Å². The third-order valence-electron chi connectivity index (χ3n) is 2.68. The van der Waals surface area contributed by atoms with Crippen LogP contribution in [0.25, 0.3) is 11.4 Å². The van der Waals surface area contributed by atoms with Crippen molar-refractivity contribution in [3.05, 3.63) is 47.0 Å². The highest BCUT2D eigenvalue weighted by atomic mass is 35.5. The van der Waals surface area contributed by atoms with Gasteiger partial charge in [-0.05, 0) is 18.6 Å². The number of benzene rings is 1. The van der Waals surface area contributed by atoms with Crippen molar-refractivity contribution < 1.29 is 13.2 Å². The van der Waals surface area contributed by atoms with E-state index in [1.54, 1.807) is 0 Å². The van der Waals surface area contributed by atoms with Crippen molar-refractivity contribution in [1.29, 1.82) is 0 Å². The van der Waals surface area contributed by atoms with Gasteiger partial charge in [-0.1, -0.05) is 6.92 Å². The van der Waals surface area contributed by atoms with Crippen LogP contribution < -0.4 is 0 Å². The number of halogens is 4. The molecule has 1 heterocycles. The van der Waals surface area contributed by atoms with E-state index >= 15 is 0 Å². The van der Waals surface area contributed by atoms with E-state index in [2.05, 4.69) is 9.97 Å². The topological polar surface area (TPSA) is 25.8 Å². The average Bonchev–Trinajstić information content (AvgIpc) is 2.43. The fourth-order valence-electron chi connectivity index (χ4n) is 1.68. The predicted octanol–water partition coefficient (Wildman–Crippen LogP) is 3.86. The van der Waals surface area contributed by atoms with Crippen LogP contribution in [0.1, 0.15) is 18.2 Å². The van der Waals surface area contributed by atoms with Crippen molar-refractivity contribution in [3.63, 3.8) is 0 Å². The van der Waals surface area contributed by atoms with Gasteiger partial charge in [0.05, 0.1) is 5.88 Å². The standard InChI is InChI=1S/C13H10ClF3N2/c1-2-11-8(5-14)6-18-13(19-11)7-3-9(15)12(17)10(16)4-7/h3-4,6H,2,5H2,1H3. The second kappa shape index (κ2) is 5.57. The Labute approximate surface area is 113 Å². The van der Waals surface area contributed by atoms with Crippen LogP contribution in [-0.2, 0) is 12.3 Å². The lowest BCUT2D eigenvalue weighted by Gasteiger charge is -2.07. The molecule has 0 N–H and O–H groups in total. The molecule has 2 rings (SSSR count). The number of aryl methyl sites for hydroxylation is 1. The Morgan fingerprint density at radius 2 is 1.79 bits per heavy atom. The van der Waals surface area contributed by atoms with Gasteiger partial charge in [-0.15, -0.1) is 11.6 Å². The third kappa shape index (κ3) is 2.71. The van der Waals surface area contributed by atoms with E-state index in [0.29, 0.717) is 12.1 Å². The molecule has 0 bridgehead atoms. The normalized spacial score (nSPS) is 10.8. The molecular formula is C13H10ClF3N2. The lowest BCUT2D eigenvalue weighted by Crippen LogP contribution is -2.01. The van der Waals surface area contributed by atoms with Gasteiger partial charge in [0.1, 0.15) is 0 Å². The molecule has 0 unspecified atom stereocenters. The summed E-state index contributed by atoms with van der Waals surface area (Å²) in [6.45, 7) is 1.88. The maximum absolute atomic E-state index is 13.2. The molecule has 100 valence electrons. The van der Waals surface area contributed by atoms with Crippen LogP contribution in [0.15, 0.2) is 18.3 Å². The van der Waals surface area contributed by atoms with Crippen LogP contribution in [0.5, 0.6) is 0 Å². The fourth-order valence-corrected chi connectivity index (χ4v) is 1.91. The molecule has 0 radical (unpaired) electrons. The van der Waals surface area contributed by atoms with Crippen molar-refractivity contribution in [2.45, 2.75) is 19.2 Å². The molecule has 0 atom stereocenters. The summed E-state index contributed by atoms with van der Waals surface area (Å²) in [6.07, 6.45) is 2.12. The molecule has 1 aromatic carbocycles. The molecule has 0 amide bonds. The summed E-state index contributed by atoms with van der Waals surface area (Å²) >= 11 is 5.73. The lowest BCUT2D eigenvalue weighted by atomic mass is 10.1. The number of hydrogen-bond donors (Lipinski definition) is 0. The van der Waals surface area contributed by atoms with Gasteiger partial charge >= 0.3 is 0 Å². The highest BCUT2D eigenvalue weighted by Crippen LogP contribution is 2.22. The summed E-state index contributed by atoms with van der Waals surface area (Å²) in [5, 5.41) is 0. The van der Waals surface area contributed by atoms with Crippen LogP contribution in [-0.4, -0.2) is 9.97 Å². The highest BCUT2D eigenvalue weighted by Gasteiger charge is 2.14. The Hall–Kier alpha value is -1.62. The second-order valence-electron chi connectivity index (χ2n) is 3.91. The van der Waals surface area contributed by atoms with Crippen molar-refractivity contribution in [2.24, 2.45) is 0 Å². The molecular weight excluding hydrogens is 277 g/mol. The van der Waals surface area contributed by atoms with Crippen LogP contribution in [0, 0.1) is 17.5 Å². The smallest absolute Gasteiger partial charge is 0.194 e. The first-order valence-corrected chi connectivity index (χ1v) is 6.16. The molecule has 0 aliphatic rings. The Kier molecular flexibility index (Phi) is 4.04. The molecule has 0 aliphatic heterocycles. The van der Waals surface area contributed by atoms with Gasteiger partial charge in [-0.25, -0.2) is 23.1 Å². The van der Waals surface area contributed by atoms with Crippen LogP contribution in [0.3, 0.4) is 0 Å². The van der Waals surface area contributed by atoms with Crippen LogP contribution in [0.2, 0.25) is 0 Å². The van der Waals surface area contributed by atoms with E-state index in [9.17, 15) is 13.2 Å². The summed E-state index contributed by atoms with van der Waals surface area (Å²) in [5.41, 5.74) is 1.55. The molecule has 2 aromatic rings. The van der Waals surface area contributed by atoms with Gasteiger partial charge in [-0.2, -0.15) is 0 Å². The quantitative estimate of drug-likeness (QED) is 0.632. The largest absolute Gasteiger partial charge is 0.236 e. The Morgan fingerprint density at radius 3 is 2.32 bits per heavy atom. The monoisotopic (exact) mass is 286 g/mol. The summed E-state index contributed by atoms with van der Waals surface area (Å²) in [6, 6.07) is 1.74. The molecule has 0 spiro atoms. The first-order valence-electron chi connectivity index (χ1n) is 5.62. The maximum atomic E-state index is 13.2. The van der Waals surface area contributed by atoms with Gasteiger partial charge in [0, 0.05) is 23.0 Å². The SMILES string of the molecule is CCc1nc(-c2cc(F)c(F)c(F)c2)ncc1CCl. The molecule has 0 fully saturated rings. The first-order chi connectivity index (χ1) is 9.06. The number of aromatic nitrogens is 2. The van der Waals surface area contributed by atoms with Crippen LogP contribution in [0.4, 0.5) is 13.2 Å². The third-order valence-corrected chi connectivity index (χ3v) is 2.96. The molecule has 0 saturated heterocycles. The minimum atomic E-state index is -1.50. The summed E-state index contributed by atoms with van der Waals surface area (Å²) in [4.78, 5) is 8.18. The zero-order valence-electron chi connectivity index (χ0n) is 10.1. The van der Waals surface area contributed by atoms with Crippen LogP contribution >= 0.6 is 11.6 Å². The number of nitrogens with zero attached hydrogens (tertiary/aromatic N) is 2. The van der Waals surface area contributed by atoms with E-state index in [0.717, 1.165) is 17.7 Å².